The second kappa shape index (κ2) is 10.6. The summed E-state index contributed by atoms with van der Waals surface area (Å²) >= 11 is 6.03. The van der Waals surface area contributed by atoms with E-state index in [1.54, 1.807) is 42.8 Å². The standard InChI is InChI=1S/C24H23ClN4O3/c1-17-23(18(2)29(27-17)15-19-8-4-3-5-9-19)24(31)32-16-22(30)28(13-7-12-26)21-11-6-10-20(25)14-21/h3-6,8-11,14H,7,13,15-16H2,1-2H3. The van der Waals surface area contributed by atoms with Gasteiger partial charge in [-0.15, -0.1) is 0 Å². The van der Waals surface area contributed by atoms with E-state index in [0.29, 0.717) is 34.2 Å². The van der Waals surface area contributed by atoms with Gasteiger partial charge in [0.05, 0.1) is 30.4 Å². The van der Waals surface area contributed by atoms with E-state index in [1.807, 2.05) is 36.4 Å². The lowest BCUT2D eigenvalue weighted by Gasteiger charge is -2.21. The number of ether oxygens (including phenoxy) is 1. The van der Waals surface area contributed by atoms with Crippen LogP contribution in [0.1, 0.15) is 33.7 Å². The smallest absolute Gasteiger partial charge is 0.342 e. The molecule has 0 spiro atoms. The molecule has 0 saturated heterocycles. The number of aromatic nitrogens is 2. The van der Waals surface area contributed by atoms with Gasteiger partial charge in [-0.05, 0) is 37.6 Å². The lowest BCUT2D eigenvalue weighted by molar-refractivity contribution is -0.121. The van der Waals surface area contributed by atoms with E-state index in [4.69, 9.17) is 21.6 Å². The van der Waals surface area contributed by atoms with Crippen molar-refractivity contribution in [1.82, 2.24) is 9.78 Å². The van der Waals surface area contributed by atoms with Crippen molar-refractivity contribution < 1.29 is 14.3 Å². The fraction of sp³-hybridized carbons (Fsp3) is 0.250. The number of hydrogen-bond donors (Lipinski definition) is 0. The Labute approximate surface area is 191 Å². The molecule has 0 aliphatic carbocycles. The van der Waals surface area contributed by atoms with Gasteiger partial charge in [-0.2, -0.15) is 10.4 Å². The van der Waals surface area contributed by atoms with Gasteiger partial charge in [-0.25, -0.2) is 4.79 Å². The Balaban J connectivity index is 1.71. The van der Waals surface area contributed by atoms with Gasteiger partial charge < -0.3 is 9.64 Å². The first-order chi connectivity index (χ1) is 15.4. The highest BCUT2D eigenvalue weighted by Gasteiger charge is 2.23. The molecule has 0 atom stereocenters. The first-order valence-electron chi connectivity index (χ1n) is 10.1. The summed E-state index contributed by atoms with van der Waals surface area (Å²) in [4.78, 5) is 26.9. The zero-order valence-electron chi connectivity index (χ0n) is 17.9. The molecule has 1 aromatic heterocycles. The zero-order chi connectivity index (χ0) is 23.1. The zero-order valence-corrected chi connectivity index (χ0v) is 18.7. The van der Waals surface area contributed by atoms with E-state index in [9.17, 15) is 9.59 Å². The minimum atomic E-state index is -0.612. The maximum atomic E-state index is 12.8. The second-order valence-electron chi connectivity index (χ2n) is 7.20. The van der Waals surface area contributed by atoms with Gasteiger partial charge in [0, 0.05) is 17.3 Å². The number of carbonyl (C=O) groups is 2. The molecule has 8 heteroatoms. The van der Waals surface area contributed by atoms with Crippen LogP contribution in [0.15, 0.2) is 54.6 Å². The fourth-order valence-corrected chi connectivity index (χ4v) is 3.57. The van der Waals surface area contributed by atoms with Crippen LogP contribution in [0.3, 0.4) is 0 Å². The van der Waals surface area contributed by atoms with Gasteiger partial charge in [-0.3, -0.25) is 9.48 Å². The maximum absolute atomic E-state index is 12.8. The predicted octanol–water partition coefficient (Wildman–Crippen LogP) is 4.31. The van der Waals surface area contributed by atoms with Crippen molar-refractivity contribution in [3.8, 4) is 6.07 Å². The number of benzene rings is 2. The van der Waals surface area contributed by atoms with E-state index >= 15 is 0 Å². The molecule has 0 radical (unpaired) electrons. The van der Waals surface area contributed by atoms with E-state index in [1.165, 1.54) is 4.90 Å². The molecule has 0 aliphatic heterocycles. The Morgan fingerprint density at radius 3 is 2.59 bits per heavy atom. The monoisotopic (exact) mass is 450 g/mol. The summed E-state index contributed by atoms with van der Waals surface area (Å²) in [5.41, 5.74) is 3.15. The number of amides is 1. The summed E-state index contributed by atoms with van der Waals surface area (Å²) in [6.07, 6.45) is 0.136. The Kier molecular flexibility index (Phi) is 7.63. The average molecular weight is 451 g/mol. The summed E-state index contributed by atoms with van der Waals surface area (Å²) in [5.74, 6) is -1.05. The van der Waals surface area contributed by atoms with E-state index < -0.39 is 18.5 Å². The molecule has 2 aromatic carbocycles. The Morgan fingerprint density at radius 1 is 1.16 bits per heavy atom. The number of anilines is 1. The molecular formula is C24H23ClN4O3. The summed E-state index contributed by atoms with van der Waals surface area (Å²) in [5, 5.41) is 13.8. The predicted molar refractivity (Wildman–Crippen MR) is 122 cm³/mol. The molecule has 3 rings (SSSR count). The van der Waals surface area contributed by atoms with Crippen molar-refractivity contribution in [3.05, 3.63) is 82.1 Å². The lowest BCUT2D eigenvalue weighted by Crippen LogP contribution is -2.35. The Hall–Kier alpha value is -3.63. The minimum Gasteiger partial charge on any atom is -0.452 e. The van der Waals surface area contributed by atoms with E-state index in [2.05, 4.69) is 5.10 Å². The molecule has 0 fully saturated rings. The molecule has 0 aliphatic rings. The minimum absolute atomic E-state index is 0.136. The number of nitrogens with zero attached hydrogens (tertiary/aromatic N) is 4. The van der Waals surface area contributed by atoms with Crippen molar-refractivity contribution in [2.45, 2.75) is 26.8 Å². The molecular weight excluding hydrogens is 428 g/mol. The topological polar surface area (TPSA) is 88.2 Å². The van der Waals surface area contributed by atoms with E-state index in [0.717, 1.165) is 5.56 Å². The molecule has 7 nitrogen and oxygen atoms in total. The number of nitriles is 1. The highest BCUT2D eigenvalue weighted by molar-refractivity contribution is 6.30. The first-order valence-corrected chi connectivity index (χ1v) is 10.5. The highest BCUT2D eigenvalue weighted by Crippen LogP contribution is 2.21. The SMILES string of the molecule is Cc1nn(Cc2ccccc2)c(C)c1C(=O)OCC(=O)N(CCC#N)c1cccc(Cl)c1. The number of halogens is 1. The molecule has 0 N–H and O–H groups in total. The van der Waals surface area contributed by atoms with Crippen LogP contribution in [0, 0.1) is 25.2 Å². The van der Waals surface area contributed by atoms with Crippen LogP contribution in [-0.4, -0.2) is 34.8 Å². The van der Waals surface area contributed by atoms with Crippen LogP contribution in [0.2, 0.25) is 5.02 Å². The van der Waals surface area contributed by atoms with Gasteiger partial charge in [-0.1, -0.05) is 48.0 Å². The summed E-state index contributed by atoms with van der Waals surface area (Å²) in [6.45, 7) is 3.76. The normalized spacial score (nSPS) is 10.4. The molecule has 164 valence electrons. The van der Waals surface area contributed by atoms with Crippen LogP contribution in [0.25, 0.3) is 0 Å². The molecule has 0 saturated carbocycles. The number of esters is 1. The molecule has 32 heavy (non-hydrogen) atoms. The van der Waals surface area contributed by atoms with Gasteiger partial charge in [0.2, 0.25) is 0 Å². The number of rotatable bonds is 8. The third-order valence-electron chi connectivity index (χ3n) is 4.96. The van der Waals surface area contributed by atoms with Crippen LogP contribution >= 0.6 is 11.6 Å². The van der Waals surface area contributed by atoms with Crippen molar-refractivity contribution in [1.29, 1.82) is 5.26 Å². The quantitative estimate of drug-likeness (QED) is 0.477. The van der Waals surface area contributed by atoms with Gasteiger partial charge in [0.15, 0.2) is 6.61 Å². The lowest BCUT2D eigenvalue weighted by atomic mass is 10.2. The first kappa shape index (κ1) is 23.0. The fourth-order valence-electron chi connectivity index (χ4n) is 3.38. The van der Waals surface area contributed by atoms with Crippen LogP contribution in [0.4, 0.5) is 5.69 Å². The second-order valence-corrected chi connectivity index (χ2v) is 7.63. The highest BCUT2D eigenvalue weighted by atomic mass is 35.5. The van der Waals surface area contributed by atoms with Crippen LogP contribution in [0.5, 0.6) is 0 Å². The summed E-state index contributed by atoms with van der Waals surface area (Å²) < 4.78 is 7.07. The van der Waals surface area contributed by atoms with Crippen LogP contribution < -0.4 is 4.90 Å². The van der Waals surface area contributed by atoms with Gasteiger partial charge in [0.1, 0.15) is 5.56 Å². The third kappa shape index (κ3) is 5.54. The Morgan fingerprint density at radius 2 is 1.91 bits per heavy atom. The van der Waals surface area contributed by atoms with Crippen molar-refractivity contribution >= 4 is 29.2 Å². The largest absolute Gasteiger partial charge is 0.452 e. The van der Waals surface area contributed by atoms with Crippen LogP contribution in [-0.2, 0) is 16.1 Å². The molecule has 3 aromatic rings. The average Bonchev–Trinajstić information content (AvgIpc) is 3.06. The number of carbonyl (C=O) groups excluding carboxylic acids is 2. The van der Waals surface area contributed by atoms with E-state index in [-0.39, 0.29) is 13.0 Å². The summed E-state index contributed by atoms with van der Waals surface area (Å²) in [7, 11) is 0. The molecule has 0 unspecified atom stereocenters. The van der Waals surface area contributed by atoms with Gasteiger partial charge >= 0.3 is 5.97 Å². The summed E-state index contributed by atoms with van der Waals surface area (Å²) in [6, 6.07) is 18.6. The molecule has 0 bridgehead atoms. The molecule has 1 amide bonds. The number of aryl methyl sites for hydroxylation is 1. The van der Waals surface area contributed by atoms with Crippen molar-refractivity contribution in [3.63, 3.8) is 0 Å². The maximum Gasteiger partial charge on any atom is 0.342 e. The van der Waals surface area contributed by atoms with Crippen molar-refractivity contribution in [2.24, 2.45) is 0 Å². The molecule has 1 heterocycles. The number of hydrogen-bond acceptors (Lipinski definition) is 5. The Bertz CT molecular complexity index is 1150. The van der Waals surface area contributed by atoms with Crippen molar-refractivity contribution in [2.75, 3.05) is 18.1 Å². The third-order valence-corrected chi connectivity index (χ3v) is 5.19. The van der Waals surface area contributed by atoms with Gasteiger partial charge in [0.25, 0.3) is 5.91 Å².